The van der Waals surface area contributed by atoms with E-state index in [1.165, 1.54) is 38.5 Å². The molecule has 0 radical (unpaired) electrons. The summed E-state index contributed by atoms with van der Waals surface area (Å²) in [5.41, 5.74) is 1.77. The molecule has 1 aliphatic carbocycles. The van der Waals surface area contributed by atoms with Gasteiger partial charge in [-0.1, -0.05) is 33.1 Å². The first-order chi connectivity index (χ1) is 10.6. The average Bonchev–Trinajstić information content (AvgIpc) is 2.77. The Bertz CT molecular complexity index is 534. The maximum absolute atomic E-state index is 13.1. The third-order valence-corrected chi connectivity index (χ3v) is 5.46. The summed E-state index contributed by atoms with van der Waals surface area (Å²) in [6.07, 6.45) is 8.82. The van der Waals surface area contributed by atoms with Gasteiger partial charge in [0.25, 0.3) is 5.91 Å². The molecule has 122 valence electrons. The molecule has 0 aromatic carbocycles. The van der Waals surface area contributed by atoms with Crippen LogP contribution in [0.15, 0.2) is 6.07 Å². The van der Waals surface area contributed by atoms with Gasteiger partial charge < -0.3 is 4.90 Å². The molecule has 3 rings (SSSR count). The molecule has 0 bridgehead atoms. The maximum atomic E-state index is 13.1. The molecule has 1 aromatic rings. The van der Waals surface area contributed by atoms with E-state index in [-0.39, 0.29) is 5.91 Å². The van der Waals surface area contributed by atoms with Gasteiger partial charge in [0.05, 0.1) is 5.69 Å². The second-order valence-corrected chi connectivity index (χ2v) is 7.34. The van der Waals surface area contributed by atoms with Crippen LogP contribution in [0.3, 0.4) is 0 Å². The smallest absolute Gasteiger partial charge is 0.272 e. The summed E-state index contributed by atoms with van der Waals surface area (Å²) in [5, 5.41) is 4.52. The summed E-state index contributed by atoms with van der Waals surface area (Å²) < 4.78 is 1.78. The summed E-state index contributed by atoms with van der Waals surface area (Å²) in [4.78, 5) is 15.3. The minimum Gasteiger partial charge on any atom is -0.334 e. The SMILES string of the molecule is CC(C)c1cc(C(=O)N2CCCCC3CCCCC32)n(C)n1. The van der Waals surface area contributed by atoms with Crippen molar-refractivity contribution in [3.8, 4) is 0 Å². The molecular weight excluding hydrogens is 274 g/mol. The van der Waals surface area contributed by atoms with E-state index in [9.17, 15) is 4.79 Å². The van der Waals surface area contributed by atoms with E-state index in [4.69, 9.17) is 0 Å². The second kappa shape index (κ2) is 6.43. The van der Waals surface area contributed by atoms with Gasteiger partial charge in [0, 0.05) is 19.6 Å². The Morgan fingerprint density at radius 2 is 1.86 bits per heavy atom. The first-order valence-electron chi connectivity index (χ1n) is 8.93. The van der Waals surface area contributed by atoms with Crippen LogP contribution >= 0.6 is 0 Å². The zero-order chi connectivity index (χ0) is 15.7. The molecule has 1 saturated carbocycles. The lowest BCUT2D eigenvalue weighted by Gasteiger charge is -2.38. The standard InChI is InChI=1S/C18H29N3O/c1-13(2)15-12-17(20(3)19-15)18(22)21-11-7-6-9-14-8-4-5-10-16(14)21/h12-14,16H,4-11H2,1-3H3. The van der Waals surface area contributed by atoms with Gasteiger partial charge in [-0.05, 0) is 43.6 Å². The number of fused-ring (bicyclic) bond motifs is 1. The normalized spacial score (nSPS) is 25.9. The van der Waals surface area contributed by atoms with Gasteiger partial charge in [-0.2, -0.15) is 5.10 Å². The molecule has 1 saturated heterocycles. The molecule has 0 spiro atoms. The number of hydrogen-bond acceptors (Lipinski definition) is 2. The van der Waals surface area contributed by atoms with Crippen molar-refractivity contribution >= 4 is 5.91 Å². The summed E-state index contributed by atoms with van der Waals surface area (Å²) in [7, 11) is 1.90. The van der Waals surface area contributed by atoms with Crippen molar-refractivity contribution in [1.29, 1.82) is 0 Å². The number of nitrogens with zero attached hydrogens (tertiary/aromatic N) is 3. The van der Waals surface area contributed by atoms with Crippen LogP contribution in [0.5, 0.6) is 0 Å². The zero-order valence-electron chi connectivity index (χ0n) is 14.2. The van der Waals surface area contributed by atoms with Crippen LogP contribution in [0.1, 0.15) is 80.9 Å². The van der Waals surface area contributed by atoms with E-state index >= 15 is 0 Å². The van der Waals surface area contributed by atoms with E-state index in [1.807, 2.05) is 13.1 Å². The van der Waals surface area contributed by atoms with Crippen molar-refractivity contribution in [2.45, 2.75) is 70.8 Å². The fourth-order valence-corrected chi connectivity index (χ4v) is 4.16. The quantitative estimate of drug-likeness (QED) is 0.835. The van der Waals surface area contributed by atoms with Gasteiger partial charge in [0.2, 0.25) is 0 Å². The van der Waals surface area contributed by atoms with Crippen molar-refractivity contribution in [1.82, 2.24) is 14.7 Å². The molecule has 1 aromatic heterocycles. The number of carbonyl (C=O) groups is 1. The molecule has 2 aliphatic rings. The Morgan fingerprint density at radius 3 is 2.55 bits per heavy atom. The van der Waals surface area contributed by atoms with Crippen molar-refractivity contribution in [3.63, 3.8) is 0 Å². The van der Waals surface area contributed by atoms with Gasteiger partial charge in [-0.15, -0.1) is 0 Å². The van der Waals surface area contributed by atoms with Crippen LogP contribution in [0.25, 0.3) is 0 Å². The topological polar surface area (TPSA) is 38.1 Å². The molecule has 0 N–H and O–H groups in total. The van der Waals surface area contributed by atoms with E-state index in [1.54, 1.807) is 4.68 Å². The van der Waals surface area contributed by atoms with Crippen LogP contribution in [-0.4, -0.2) is 33.2 Å². The molecular formula is C18H29N3O. The van der Waals surface area contributed by atoms with Gasteiger partial charge in [-0.3, -0.25) is 9.48 Å². The van der Waals surface area contributed by atoms with Crippen LogP contribution < -0.4 is 0 Å². The average molecular weight is 303 g/mol. The van der Waals surface area contributed by atoms with Crippen molar-refractivity contribution in [3.05, 3.63) is 17.5 Å². The first kappa shape index (κ1) is 15.6. The predicted octanol–water partition coefficient (Wildman–Crippen LogP) is 3.73. The summed E-state index contributed by atoms with van der Waals surface area (Å²) in [6.45, 7) is 5.17. The van der Waals surface area contributed by atoms with Crippen molar-refractivity contribution in [2.24, 2.45) is 13.0 Å². The molecule has 4 heteroatoms. The molecule has 22 heavy (non-hydrogen) atoms. The highest BCUT2D eigenvalue weighted by atomic mass is 16.2. The molecule has 2 atom stereocenters. The molecule has 2 fully saturated rings. The Labute approximate surface area is 133 Å². The number of hydrogen-bond donors (Lipinski definition) is 0. The Balaban J connectivity index is 1.86. The predicted molar refractivity (Wildman–Crippen MR) is 87.9 cm³/mol. The lowest BCUT2D eigenvalue weighted by atomic mass is 9.81. The fraction of sp³-hybridized carbons (Fsp3) is 0.778. The van der Waals surface area contributed by atoms with Crippen LogP contribution in [0.4, 0.5) is 0 Å². The van der Waals surface area contributed by atoms with Crippen molar-refractivity contribution in [2.75, 3.05) is 6.54 Å². The molecule has 2 unspecified atom stereocenters. The fourth-order valence-electron chi connectivity index (χ4n) is 4.16. The number of aromatic nitrogens is 2. The number of amides is 1. The van der Waals surface area contributed by atoms with E-state index < -0.39 is 0 Å². The second-order valence-electron chi connectivity index (χ2n) is 7.34. The maximum Gasteiger partial charge on any atom is 0.272 e. The highest BCUT2D eigenvalue weighted by Gasteiger charge is 2.35. The minimum atomic E-state index is 0.195. The third-order valence-electron chi connectivity index (χ3n) is 5.46. The van der Waals surface area contributed by atoms with E-state index in [0.717, 1.165) is 30.3 Å². The van der Waals surface area contributed by atoms with Crippen molar-refractivity contribution < 1.29 is 4.79 Å². The van der Waals surface area contributed by atoms with Gasteiger partial charge in [-0.25, -0.2) is 0 Å². The minimum absolute atomic E-state index is 0.195. The summed E-state index contributed by atoms with van der Waals surface area (Å²) in [5.74, 6) is 1.28. The third kappa shape index (κ3) is 2.92. The first-order valence-corrected chi connectivity index (χ1v) is 8.93. The number of likely N-dealkylation sites (tertiary alicyclic amines) is 1. The van der Waals surface area contributed by atoms with Gasteiger partial charge in [0.15, 0.2) is 0 Å². The Morgan fingerprint density at radius 1 is 1.18 bits per heavy atom. The molecule has 4 nitrogen and oxygen atoms in total. The Hall–Kier alpha value is -1.32. The van der Waals surface area contributed by atoms with Gasteiger partial charge in [0.1, 0.15) is 5.69 Å². The van der Waals surface area contributed by atoms with Crippen LogP contribution in [0.2, 0.25) is 0 Å². The zero-order valence-corrected chi connectivity index (χ0v) is 14.2. The highest BCUT2D eigenvalue weighted by Crippen LogP contribution is 2.35. The monoisotopic (exact) mass is 303 g/mol. The number of aryl methyl sites for hydroxylation is 1. The van der Waals surface area contributed by atoms with E-state index in [2.05, 4.69) is 23.8 Å². The van der Waals surface area contributed by atoms with Crippen LogP contribution in [0, 0.1) is 5.92 Å². The summed E-state index contributed by atoms with van der Waals surface area (Å²) >= 11 is 0. The largest absolute Gasteiger partial charge is 0.334 e. The van der Waals surface area contributed by atoms with E-state index in [0.29, 0.717) is 12.0 Å². The lowest BCUT2D eigenvalue weighted by Crippen LogP contribution is -2.45. The van der Waals surface area contributed by atoms with Gasteiger partial charge >= 0.3 is 0 Å². The summed E-state index contributed by atoms with van der Waals surface area (Å²) in [6, 6.07) is 2.46. The molecule has 1 aliphatic heterocycles. The highest BCUT2D eigenvalue weighted by molar-refractivity contribution is 5.93. The Kier molecular flexibility index (Phi) is 4.55. The number of rotatable bonds is 2. The molecule has 2 heterocycles. The van der Waals surface area contributed by atoms with Crippen LogP contribution in [-0.2, 0) is 7.05 Å². The number of carbonyl (C=O) groups excluding carboxylic acids is 1. The molecule has 1 amide bonds. The lowest BCUT2D eigenvalue weighted by molar-refractivity contribution is 0.0558.